The fraction of sp³-hybridized carbons (Fsp3) is 0.176. The molecule has 0 unspecified atom stereocenters. The van der Waals surface area contributed by atoms with Crippen LogP contribution in [0.3, 0.4) is 0 Å². The zero-order valence-electron chi connectivity index (χ0n) is 12.9. The molecule has 2 rings (SSSR count). The van der Waals surface area contributed by atoms with Crippen LogP contribution in [0.2, 0.25) is 0 Å². The minimum Gasteiger partial charge on any atom is -0.394 e. The maximum absolute atomic E-state index is 10.1. The van der Waals surface area contributed by atoms with E-state index in [4.69, 9.17) is 5.11 Å². The van der Waals surface area contributed by atoms with E-state index < -0.39 is 18.8 Å². The van der Waals surface area contributed by atoms with Crippen LogP contribution in [0.25, 0.3) is 0 Å². The predicted octanol–water partition coefficient (Wildman–Crippen LogP) is 1.27. The Labute approximate surface area is 140 Å². The van der Waals surface area contributed by atoms with Crippen LogP contribution >= 0.6 is 0 Å². The molecule has 0 amide bonds. The van der Waals surface area contributed by atoms with Gasteiger partial charge >= 0.3 is 0 Å². The normalized spacial score (nSPS) is 14.4. The molecule has 7 heteroatoms. The van der Waals surface area contributed by atoms with Crippen LogP contribution in [-0.4, -0.2) is 46.1 Å². The Morgan fingerprint density at radius 3 is 2.00 bits per heavy atom. The average Bonchev–Trinajstić information content (AvgIpc) is 2.65. The fourth-order valence-electron chi connectivity index (χ4n) is 1.80. The third-order valence-electron chi connectivity index (χ3n) is 3.11. The maximum Gasteiger partial charge on any atom is 0.127 e. The number of aliphatic hydroxyl groups is 3. The van der Waals surface area contributed by atoms with Crippen LogP contribution in [-0.2, 0) is 0 Å². The summed E-state index contributed by atoms with van der Waals surface area (Å²) in [7, 11) is 0. The van der Waals surface area contributed by atoms with Gasteiger partial charge in [-0.3, -0.25) is 10.9 Å². The van der Waals surface area contributed by atoms with E-state index >= 15 is 0 Å². The fourth-order valence-corrected chi connectivity index (χ4v) is 1.80. The third-order valence-corrected chi connectivity index (χ3v) is 3.11. The Morgan fingerprint density at radius 2 is 1.46 bits per heavy atom. The first kappa shape index (κ1) is 17.6. The van der Waals surface area contributed by atoms with Gasteiger partial charge < -0.3 is 15.3 Å². The standard InChI is InChI=1S/C17H20N4O3/c22-12-16(23)17(24)15(21-20-14-9-5-2-6-10-14)11-18-19-13-7-3-1-4-8-13/h1-11,16-17,19-20,22-24H,12H2/b18-11-,21-15+/t16-,17+/m0/s1. The molecule has 2 aromatic carbocycles. The van der Waals surface area contributed by atoms with Crippen molar-refractivity contribution in [3.8, 4) is 0 Å². The monoisotopic (exact) mass is 328 g/mol. The van der Waals surface area contributed by atoms with Gasteiger partial charge in [-0.25, -0.2) is 0 Å². The molecule has 2 atom stereocenters. The van der Waals surface area contributed by atoms with Gasteiger partial charge in [-0.2, -0.15) is 10.2 Å². The highest BCUT2D eigenvalue weighted by Crippen LogP contribution is 2.06. The second-order valence-corrected chi connectivity index (χ2v) is 4.95. The highest BCUT2D eigenvalue weighted by atomic mass is 16.4. The first-order chi connectivity index (χ1) is 11.7. The van der Waals surface area contributed by atoms with Crippen LogP contribution in [0.4, 0.5) is 11.4 Å². The van der Waals surface area contributed by atoms with E-state index in [9.17, 15) is 10.2 Å². The number of hydrazone groups is 2. The van der Waals surface area contributed by atoms with Gasteiger partial charge in [-0.1, -0.05) is 36.4 Å². The molecule has 126 valence electrons. The van der Waals surface area contributed by atoms with Crippen molar-refractivity contribution in [2.75, 3.05) is 17.5 Å². The Balaban J connectivity index is 2.10. The lowest BCUT2D eigenvalue weighted by molar-refractivity contribution is 0.0193. The molecule has 0 radical (unpaired) electrons. The summed E-state index contributed by atoms with van der Waals surface area (Å²) in [4.78, 5) is 0. The summed E-state index contributed by atoms with van der Waals surface area (Å²) in [5.74, 6) is 0. The lowest BCUT2D eigenvalue weighted by atomic mass is 10.1. The van der Waals surface area contributed by atoms with Crippen molar-refractivity contribution in [3.63, 3.8) is 0 Å². The SMILES string of the molecule is OC[C@H](O)[C@H](O)C(/C=N\Nc1ccccc1)=N/Nc1ccccc1. The van der Waals surface area contributed by atoms with Gasteiger partial charge in [0.15, 0.2) is 0 Å². The van der Waals surface area contributed by atoms with E-state index in [-0.39, 0.29) is 5.71 Å². The molecule has 0 aliphatic rings. The Bertz CT molecular complexity index is 662. The van der Waals surface area contributed by atoms with E-state index in [0.29, 0.717) is 5.69 Å². The van der Waals surface area contributed by atoms with E-state index in [1.54, 1.807) is 12.1 Å². The van der Waals surface area contributed by atoms with Crippen molar-refractivity contribution in [1.82, 2.24) is 0 Å². The highest BCUT2D eigenvalue weighted by Gasteiger charge is 2.20. The number of hydrogen-bond donors (Lipinski definition) is 5. The second-order valence-electron chi connectivity index (χ2n) is 4.95. The molecular weight excluding hydrogens is 308 g/mol. The molecule has 0 heterocycles. The summed E-state index contributed by atoms with van der Waals surface area (Å²) >= 11 is 0. The third kappa shape index (κ3) is 5.47. The van der Waals surface area contributed by atoms with Gasteiger partial charge in [-0.15, -0.1) is 0 Å². The molecule has 0 aromatic heterocycles. The number of nitrogens with zero attached hydrogens (tertiary/aromatic N) is 2. The van der Waals surface area contributed by atoms with Gasteiger partial charge in [0.25, 0.3) is 0 Å². The molecular formula is C17H20N4O3. The topological polar surface area (TPSA) is 109 Å². The summed E-state index contributed by atoms with van der Waals surface area (Å²) in [5, 5.41) is 36.7. The van der Waals surface area contributed by atoms with Crippen LogP contribution in [0, 0.1) is 0 Å². The summed E-state index contributed by atoms with van der Waals surface area (Å²) in [6.07, 6.45) is -1.45. The molecule has 24 heavy (non-hydrogen) atoms. The van der Waals surface area contributed by atoms with Gasteiger partial charge in [0.05, 0.1) is 24.2 Å². The number of hydrogen-bond acceptors (Lipinski definition) is 7. The van der Waals surface area contributed by atoms with Crippen molar-refractivity contribution in [2.24, 2.45) is 10.2 Å². The quantitative estimate of drug-likeness (QED) is 0.370. The van der Waals surface area contributed by atoms with Crippen molar-refractivity contribution < 1.29 is 15.3 Å². The Hall–Kier alpha value is -2.74. The molecule has 0 saturated carbocycles. The van der Waals surface area contributed by atoms with E-state index in [1.165, 1.54) is 6.21 Å². The number of rotatable bonds is 8. The maximum atomic E-state index is 10.1. The molecule has 5 N–H and O–H groups in total. The summed E-state index contributed by atoms with van der Waals surface area (Å²) in [6, 6.07) is 18.4. The van der Waals surface area contributed by atoms with Crippen LogP contribution in [0.5, 0.6) is 0 Å². The summed E-state index contributed by atoms with van der Waals surface area (Å²) in [6.45, 7) is -0.592. The van der Waals surface area contributed by atoms with Crippen molar-refractivity contribution in [3.05, 3.63) is 60.7 Å². The first-order valence-corrected chi connectivity index (χ1v) is 7.40. The number of benzene rings is 2. The molecule has 0 spiro atoms. The molecule has 2 aromatic rings. The Morgan fingerprint density at radius 1 is 0.917 bits per heavy atom. The van der Waals surface area contributed by atoms with Crippen molar-refractivity contribution in [1.29, 1.82) is 0 Å². The van der Waals surface area contributed by atoms with Gasteiger partial charge in [0.1, 0.15) is 17.9 Å². The smallest absolute Gasteiger partial charge is 0.127 e. The van der Waals surface area contributed by atoms with Gasteiger partial charge in [-0.05, 0) is 24.3 Å². The Kier molecular flexibility index (Phi) is 6.91. The summed E-state index contributed by atoms with van der Waals surface area (Å²) < 4.78 is 0. The number of para-hydroxylation sites is 2. The molecule has 0 aliphatic carbocycles. The van der Waals surface area contributed by atoms with E-state index in [0.717, 1.165) is 5.69 Å². The number of anilines is 2. The molecule has 0 aliphatic heterocycles. The van der Waals surface area contributed by atoms with Crippen LogP contribution in [0.15, 0.2) is 70.9 Å². The molecule has 0 saturated heterocycles. The zero-order chi connectivity index (χ0) is 17.2. The minimum atomic E-state index is -1.38. The average molecular weight is 328 g/mol. The van der Waals surface area contributed by atoms with Crippen molar-refractivity contribution in [2.45, 2.75) is 12.2 Å². The van der Waals surface area contributed by atoms with Crippen molar-refractivity contribution >= 4 is 23.3 Å². The minimum absolute atomic E-state index is 0.0730. The van der Waals surface area contributed by atoms with Crippen LogP contribution in [0.1, 0.15) is 0 Å². The van der Waals surface area contributed by atoms with Gasteiger partial charge in [0, 0.05) is 0 Å². The zero-order valence-corrected chi connectivity index (χ0v) is 12.9. The molecule has 0 bridgehead atoms. The number of nitrogens with one attached hydrogen (secondary N) is 2. The number of aliphatic hydroxyl groups excluding tert-OH is 3. The summed E-state index contributed by atoms with van der Waals surface area (Å²) in [5.41, 5.74) is 7.11. The first-order valence-electron chi connectivity index (χ1n) is 7.40. The molecule has 0 fully saturated rings. The second kappa shape index (κ2) is 9.41. The van der Waals surface area contributed by atoms with Crippen LogP contribution < -0.4 is 10.9 Å². The largest absolute Gasteiger partial charge is 0.394 e. The highest BCUT2D eigenvalue weighted by molar-refractivity contribution is 6.33. The lowest BCUT2D eigenvalue weighted by Crippen LogP contribution is -2.37. The molecule has 7 nitrogen and oxygen atoms in total. The van der Waals surface area contributed by atoms with E-state index in [1.807, 2.05) is 48.5 Å². The predicted molar refractivity (Wildman–Crippen MR) is 95.2 cm³/mol. The van der Waals surface area contributed by atoms with Gasteiger partial charge in [0.2, 0.25) is 0 Å². The lowest BCUT2D eigenvalue weighted by Gasteiger charge is -2.15. The van der Waals surface area contributed by atoms with E-state index in [2.05, 4.69) is 21.1 Å².